The molecular formula is C21H24N2O4. The summed E-state index contributed by atoms with van der Waals surface area (Å²) in [5.74, 6) is 0.289. The molecule has 0 spiro atoms. The molecule has 0 aromatic heterocycles. The fraction of sp³-hybridized carbons (Fsp3) is 0.333. The number of hydrogen-bond acceptors (Lipinski definition) is 4. The van der Waals surface area contributed by atoms with Crippen LogP contribution in [0.3, 0.4) is 0 Å². The van der Waals surface area contributed by atoms with Crippen molar-refractivity contribution >= 4 is 11.8 Å². The first-order valence-electron chi connectivity index (χ1n) is 9.15. The summed E-state index contributed by atoms with van der Waals surface area (Å²) in [7, 11) is 1.52. The van der Waals surface area contributed by atoms with Gasteiger partial charge in [0.1, 0.15) is 0 Å². The van der Waals surface area contributed by atoms with Gasteiger partial charge in [-0.2, -0.15) is 0 Å². The average Bonchev–Trinajstić information content (AvgIpc) is 3.17. The van der Waals surface area contributed by atoms with Crippen LogP contribution in [0.15, 0.2) is 36.4 Å². The van der Waals surface area contributed by atoms with E-state index in [1.165, 1.54) is 18.2 Å². The van der Waals surface area contributed by atoms with E-state index in [1.807, 2.05) is 19.1 Å². The van der Waals surface area contributed by atoms with E-state index in [4.69, 9.17) is 9.47 Å². The second kappa shape index (κ2) is 8.58. The fourth-order valence-electron chi connectivity index (χ4n) is 3.11. The van der Waals surface area contributed by atoms with Gasteiger partial charge in [-0.15, -0.1) is 0 Å². The number of nitrogens with one attached hydrogen (secondary N) is 2. The SMILES string of the molecule is CCCOc1ccc(C(=O)NNC(=O)c2ccc3c(c2)CCC3)cc1OC. The Bertz CT molecular complexity index is 848. The lowest BCUT2D eigenvalue weighted by molar-refractivity contribution is 0.0846. The van der Waals surface area contributed by atoms with Crippen LogP contribution < -0.4 is 20.3 Å². The Morgan fingerprint density at radius 2 is 1.59 bits per heavy atom. The Kier molecular flexibility index (Phi) is 5.96. The van der Waals surface area contributed by atoms with Crippen LogP contribution in [0.2, 0.25) is 0 Å². The maximum Gasteiger partial charge on any atom is 0.269 e. The minimum Gasteiger partial charge on any atom is -0.493 e. The van der Waals surface area contributed by atoms with Gasteiger partial charge in [0.2, 0.25) is 0 Å². The van der Waals surface area contributed by atoms with Crippen LogP contribution in [-0.2, 0) is 12.8 Å². The molecule has 142 valence electrons. The number of hydrazine groups is 1. The zero-order valence-electron chi connectivity index (χ0n) is 15.6. The second-order valence-electron chi connectivity index (χ2n) is 6.46. The summed E-state index contributed by atoms with van der Waals surface area (Å²) >= 11 is 0. The van der Waals surface area contributed by atoms with Crippen molar-refractivity contribution in [3.05, 3.63) is 58.7 Å². The van der Waals surface area contributed by atoms with Gasteiger partial charge in [0.05, 0.1) is 13.7 Å². The number of aryl methyl sites for hydroxylation is 2. The van der Waals surface area contributed by atoms with Crippen LogP contribution >= 0.6 is 0 Å². The maximum absolute atomic E-state index is 12.3. The summed E-state index contributed by atoms with van der Waals surface area (Å²) in [6.07, 6.45) is 4.06. The summed E-state index contributed by atoms with van der Waals surface area (Å²) < 4.78 is 10.9. The van der Waals surface area contributed by atoms with Gasteiger partial charge in [-0.3, -0.25) is 20.4 Å². The molecule has 27 heavy (non-hydrogen) atoms. The van der Waals surface area contributed by atoms with Gasteiger partial charge in [-0.1, -0.05) is 13.0 Å². The standard InChI is InChI=1S/C21H24N2O4/c1-3-11-27-18-10-9-17(13-19(18)26-2)21(25)23-22-20(24)16-8-7-14-5-4-6-15(14)12-16/h7-10,12-13H,3-6,11H2,1-2H3,(H,22,24)(H,23,25). The quantitative estimate of drug-likeness (QED) is 0.769. The first-order valence-corrected chi connectivity index (χ1v) is 9.15. The molecule has 0 saturated carbocycles. The Labute approximate surface area is 158 Å². The molecule has 0 aliphatic heterocycles. The largest absolute Gasteiger partial charge is 0.493 e. The lowest BCUT2D eigenvalue weighted by atomic mass is 10.1. The van der Waals surface area contributed by atoms with Crippen LogP contribution in [-0.4, -0.2) is 25.5 Å². The van der Waals surface area contributed by atoms with Crippen molar-refractivity contribution in [3.63, 3.8) is 0 Å². The summed E-state index contributed by atoms with van der Waals surface area (Å²) in [6.45, 7) is 2.58. The summed E-state index contributed by atoms with van der Waals surface area (Å²) in [5.41, 5.74) is 8.32. The average molecular weight is 368 g/mol. The molecule has 1 aliphatic rings. The van der Waals surface area contributed by atoms with Crippen LogP contribution in [0.1, 0.15) is 51.6 Å². The van der Waals surface area contributed by atoms with Crippen LogP contribution in [0, 0.1) is 0 Å². The molecule has 0 fully saturated rings. The number of hydrogen-bond donors (Lipinski definition) is 2. The Hall–Kier alpha value is -3.02. The lowest BCUT2D eigenvalue weighted by Gasteiger charge is -2.12. The number of ether oxygens (including phenoxy) is 2. The van der Waals surface area contributed by atoms with Crippen molar-refractivity contribution in [2.75, 3.05) is 13.7 Å². The first-order chi connectivity index (χ1) is 13.1. The van der Waals surface area contributed by atoms with Gasteiger partial charge < -0.3 is 9.47 Å². The molecule has 0 bridgehead atoms. The minimum atomic E-state index is -0.426. The highest BCUT2D eigenvalue weighted by Gasteiger charge is 2.15. The molecule has 0 heterocycles. The Morgan fingerprint density at radius 3 is 2.30 bits per heavy atom. The second-order valence-corrected chi connectivity index (χ2v) is 6.46. The summed E-state index contributed by atoms with van der Waals surface area (Å²) in [5, 5.41) is 0. The van der Waals surface area contributed by atoms with E-state index in [2.05, 4.69) is 10.9 Å². The number of carbonyl (C=O) groups is 2. The van der Waals surface area contributed by atoms with Crippen LogP contribution in [0.4, 0.5) is 0 Å². The van der Waals surface area contributed by atoms with E-state index in [0.29, 0.717) is 29.2 Å². The predicted molar refractivity (Wildman–Crippen MR) is 102 cm³/mol. The van der Waals surface area contributed by atoms with Crippen molar-refractivity contribution in [1.82, 2.24) is 10.9 Å². The number of methoxy groups -OCH3 is 1. The molecule has 2 N–H and O–H groups in total. The molecule has 0 saturated heterocycles. The molecule has 6 nitrogen and oxygen atoms in total. The smallest absolute Gasteiger partial charge is 0.269 e. The lowest BCUT2D eigenvalue weighted by Crippen LogP contribution is -2.41. The number of amides is 2. The van der Waals surface area contributed by atoms with Gasteiger partial charge in [-0.05, 0) is 67.1 Å². The summed E-state index contributed by atoms with van der Waals surface area (Å²) in [4.78, 5) is 24.6. The molecule has 2 aromatic rings. The first kappa shape index (κ1) is 18.8. The van der Waals surface area contributed by atoms with E-state index >= 15 is 0 Å². The monoisotopic (exact) mass is 368 g/mol. The van der Waals surface area contributed by atoms with Crippen molar-refractivity contribution < 1.29 is 19.1 Å². The summed E-state index contributed by atoms with van der Waals surface area (Å²) in [6, 6.07) is 10.6. The molecule has 6 heteroatoms. The van der Waals surface area contributed by atoms with Crippen molar-refractivity contribution in [2.24, 2.45) is 0 Å². The van der Waals surface area contributed by atoms with E-state index in [-0.39, 0.29) is 5.91 Å². The normalized spacial score (nSPS) is 12.2. The number of benzene rings is 2. The molecule has 0 atom stereocenters. The molecule has 2 aromatic carbocycles. The maximum atomic E-state index is 12.3. The molecular weight excluding hydrogens is 344 g/mol. The van der Waals surface area contributed by atoms with Gasteiger partial charge >= 0.3 is 0 Å². The number of rotatable bonds is 6. The highest BCUT2D eigenvalue weighted by Crippen LogP contribution is 2.28. The third-order valence-corrected chi connectivity index (χ3v) is 4.54. The molecule has 2 amide bonds. The van der Waals surface area contributed by atoms with Gasteiger partial charge in [0, 0.05) is 11.1 Å². The highest BCUT2D eigenvalue weighted by atomic mass is 16.5. The van der Waals surface area contributed by atoms with E-state index < -0.39 is 5.91 Å². The molecule has 0 unspecified atom stereocenters. The van der Waals surface area contributed by atoms with Crippen LogP contribution in [0.25, 0.3) is 0 Å². The Morgan fingerprint density at radius 1 is 0.926 bits per heavy atom. The highest BCUT2D eigenvalue weighted by molar-refractivity contribution is 5.99. The van der Waals surface area contributed by atoms with Crippen molar-refractivity contribution in [3.8, 4) is 11.5 Å². The zero-order chi connectivity index (χ0) is 19.2. The number of fused-ring (bicyclic) bond motifs is 1. The molecule has 1 aliphatic carbocycles. The minimum absolute atomic E-state index is 0.340. The molecule has 0 radical (unpaired) electrons. The van der Waals surface area contributed by atoms with Gasteiger partial charge in [0.25, 0.3) is 11.8 Å². The third-order valence-electron chi connectivity index (χ3n) is 4.54. The van der Waals surface area contributed by atoms with E-state index in [9.17, 15) is 9.59 Å². The van der Waals surface area contributed by atoms with Gasteiger partial charge in [-0.25, -0.2) is 0 Å². The zero-order valence-corrected chi connectivity index (χ0v) is 15.6. The Balaban J connectivity index is 1.62. The fourth-order valence-corrected chi connectivity index (χ4v) is 3.11. The van der Waals surface area contributed by atoms with Gasteiger partial charge in [0.15, 0.2) is 11.5 Å². The van der Waals surface area contributed by atoms with Crippen molar-refractivity contribution in [1.29, 1.82) is 0 Å². The predicted octanol–water partition coefficient (Wildman–Crippen LogP) is 3.05. The number of carbonyl (C=O) groups excluding carboxylic acids is 2. The van der Waals surface area contributed by atoms with Crippen molar-refractivity contribution in [2.45, 2.75) is 32.6 Å². The van der Waals surface area contributed by atoms with Crippen LogP contribution in [0.5, 0.6) is 11.5 Å². The van der Waals surface area contributed by atoms with E-state index in [1.54, 1.807) is 24.3 Å². The van der Waals surface area contributed by atoms with E-state index in [0.717, 1.165) is 25.7 Å². The molecule has 3 rings (SSSR count). The third kappa shape index (κ3) is 4.39. The topological polar surface area (TPSA) is 76.7 Å².